The van der Waals surface area contributed by atoms with Crippen LogP contribution in [-0.4, -0.2) is 35.8 Å². The number of carbonyl (C=O) groups is 2. The number of methoxy groups -OCH3 is 1. The Morgan fingerprint density at radius 2 is 2.05 bits per heavy atom. The van der Waals surface area contributed by atoms with Gasteiger partial charge in [0.05, 0.1) is 7.11 Å². The zero-order valence-corrected chi connectivity index (χ0v) is 11.6. The number of esters is 1. The first-order valence-corrected chi connectivity index (χ1v) is 7.11. The van der Waals surface area contributed by atoms with Gasteiger partial charge in [0.15, 0.2) is 0 Å². The fourth-order valence-electron chi connectivity index (χ4n) is 3.57. The quantitative estimate of drug-likeness (QED) is 0.622. The number of hydrogen-bond donors (Lipinski definition) is 0. The molecular weight excluding hydrogens is 254 g/mol. The van der Waals surface area contributed by atoms with E-state index in [0.717, 1.165) is 19.4 Å². The van der Waals surface area contributed by atoms with Crippen LogP contribution in [0.4, 0.5) is 0 Å². The summed E-state index contributed by atoms with van der Waals surface area (Å²) in [7, 11) is 1.36. The number of fused-ring (bicyclic) bond motifs is 2. The maximum absolute atomic E-state index is 12.1. The molecule has 4 heteroatoms. The molecule has 2 heterocycles. The summed E-state index contributed by atoms with van der Waals surface area (Å²) in [6.45, 7) is 0.803. The van der Waals surface area contributed by atoms with E-state index < -0.39 is 5.92 Å². The van der Waals surface area contributed by atoms with Crippen LogP contribution in [0.25, 0.3) is 0 Å². The van der Waals surface area contributed by atoms with Crippen LogP contribution in [0.15, 0.2) is 30.3 Å². The second-order valence-corrected chi connectivity index (χ2v) is 5.63. The standard InChI is InChI=1S/C16H19NO3/c1-20-16(19)15-13-8-7-12(9-14(15)18)17(13)10-11-5-3-2-4-6-11/h2-6,12-13,15H,7-10H2,1H3/t12-,13-,15-/m1/s1. The zero-order chi connectivity index (χ0) is 14.1. The van der Waals surface area contributed by atoms with Crippen molar-refractivity contribution in [2.45, 2.75) is 37.9 Å². The molecule has 2 aliphatic rings. The molecule has 3 rings (SSSR count). The fraction of sp³-hybridized carbons (Fsp3) is 0.500. The van der Waals surface area contributed by atoms with Crippen molar-refractivity contribution in [3.05, 3.63) is 35.9 Å². The van der Waals surface area contributed by atoms with Crippen LogP contribution < -0.4 is 0 Å². The van der Waals surface area contributed by atoms with Gasteiger partial charge in [-0.25, -0.2) is 0 Å². The Kier molecular flexibility index (Phi) is 3.57. The minimum atomic E-state index is -0.595. The summed E-state index contributed by atoms with van der Waals surface area (Å²) in [5, 5.41) is 0. The van der Waals surface area contributed by atoms with Crippen molar-refractivity contribution in [1.82, 2.24) is 4.90 Å². The lowest BCUT2D eigenvalue weighted by Gasteiger charge is -2.37. The first-order valence-electron chi connectivity index (χ1n) is 7.11. The summed E-state index contributed by atoms with van der Waals surface area (Å²) in [5.41, 5.74) is 1.22. The van der Waals surface area contributed by atoms with Crippen LogP contribution in [0.5, 0.6) is 0 Å². The Labute approximate surface area is 118 Å². The van der Waals surface area contributed by atoms with E-state index >= 15 is 0 Å². The van der Waals surface area contributed by atoms with Crippen molar-refractivity contribution in [2.24, 2.45) is 5.92 Å². The highest BCUT2D eigenvalue weighted by Crippen LogP contribution is 2.38. The summed E-state index contributed by atoms with van der Waals surface area (Å²) in [6.07, 6.45) is 2.38. The van der Waals surface area contributed by atoms with Gasteiger partial charge in [0.2, 0.25) is 0 Å². The highest BCUT2D eigenvalue weighted by Gasteiger charge is 2.50. The number of ether oxygens (including phenoxy) is 1. The minimum absolute atomic E-state index is 0.00825. The molecule has 0 unspecified atom stereocenters. The molecule has 0 saturated carbocycles. The van der Waals surface area contributed by atoms with Crippen molar-refractivity contribution in [1.29, 1.82) is 0 Å². The Morgan fingerprint density at radius 3 is 2.75 bits per heavy atom. The Hall–Kier alpha value is -1.68. The Balaban J connectivity index is 1.82. The molecule has 4 nitrogen and oxygen atoms in total. The van der Waals surface area contributed by atoms with Crippen molar-refractivity contribution in [3.8, 4) is 0 Å². The second kappa shape index (κ2) is 5.37. The van der Waals surface area contributed by atoms with E-state index in [1.54, 1.807) is 0 Å². The van der Waals surface area contributed by atoms with Gasteiger partial charge in [-0.1, -0.05) is 30.3 Å². The minimum Gasteiger partial charge on any atom is -0.468 e. The van der Waals surface area contributed by atoms with Gasteiger partial charge in [0, 0.05) is 25.0 Å². The van der Waals surface area contributed by atoms with Gasteiger partial charge in [-0.05, 0) is 18.4 Å². The van der Waals surface area contributed by atoms with Gasteiger partial charge < -0.3 is 4.74 Å². The van der Waals surface area contributed by atoms with E-state index in [-0.39, 0.29) is 23.8 Å². The lowest BCUT2D eigenvalue weighted by molar-refractivity contribution is -0.154. The first-order chi connectivity index (χ1) is 9.70. The molecule has 2 aliphatic heterocycles. The molecule has 1 aromatic carbocycles. The van der Waals surface area contributed by atoms with Crippen molar-refractivity contribution < 1.29 is 14.3 Å². The molecule has 3 atom stereocenters. The van der Waals surface area contributed by atoms with Crippen LogP contribution in [0.1, 0.15) is 24.8 Å². The van der Waals surface area contributed by atoms with Gasteiger partial charge in [0.1, 0.15) is 11.7 Å². The number of benzene rings is 1. The van der Waals surface area contributed by atoms with E-state index in [9.17, 15) is 9.59 Å². The molecule has 0 radical (unpaired) electrons. The maximum atomic E-state index is 12.1. The van der Waals surface area contributed by atoms with Crippen LogP contribution in [-0.2, 0) is 20.9 Å². The van der Waals surface area contributed by atoms with E-state index in [0.29, 0.717) is 6.42 Å². The molecular formula is C16H19NO3. The monoisotopic (exact) mass is 273 g/mol. The number of hydrogen-bond acceptors (Lipinski definition) is 4. The topological polar surface area (TPSA) is 46.6 Å². The smallest absolute Gasteiger partial charge is 0.317 e. The zero-order valence-electron chi connectivity index (χ0n) is 11.6. The molecule has 0 amide bonds. The van der Waals surface area contributed by atoms with Crippen molar-refractivity contribution in [2.75, 3.05) is 7.11 Å². The van der Waals surface area contributed by atoms with Crippen LogP contribution in [0.2, 0.25) is 0 Å². The number of rotatable bonds is 3. The average molecular weight is 273 g/mol. The number of nitrogens with zero attached hydrogens (tertiary/aromatic N) is 1. The van der Waals surface area contributed by atoms with Crippen molar-refractivity contribution >= 4 is 11.8 Å². The van der Waals surface area contributed by atoms with Crippen LogP contribution >= 0.6 is 0 Å². The molecule has 0 aliphatic carbocycles. The highest BCUT2D eigenvalue weighted by molar-refractivity contribution is 6.00. The third-order valence-electron chi connectivity index (χ3n) is 4.52. The van der Waals surface area contributed by atoms with Gasteiger partial charge in [-0.3, -0.25) is 14.5 Å². The van der Waals surface area contributed by atoms with Gasteiger partial charge in [-0.15, -0.1) is 0 Å². The maximum Gasteiger partial charge on any atom is 0.317 e. The predicted molar refractivity (Wildman–Crippen MR) is 73.9 cm³/mol. The summed E-state index contributed by atoms with van der Waals surface area (Å²) in [6, 6.07) is 10.5. The van der Waals surface area contributed by atoms with E-state index in [1.165, 1.54) is 12.7 Å². The third-order valence-corrected chi connectivity index (χ3v) is 4.52. The van der Waals surface area contributed by atoms with Gasteiger partial charge >= 0.3 is 5.97 Å². The SMILES string of the molecule is COC(=O)[C@H]1C(=O)C[C@H]2CC[C@H]1N2Cc1ccccc1. The van der Waals surface area contributed by atoms with E-state index in [1.807, 2.05) is 18.2 Å². The first kappa shape index (κ1) is 13.3. The Bertz CT molecular complexity index is 514. The molecule has 2 saturated heterocycles. The molecule has 1 aromatic rings. The molecule has 2 bridgehead atoms. The van der Waals surface area contributed by atoms with E-state index in [4.69, 9.17) is 4.74 Å². The second-order valence-electron chi connectivity index (χ2n) is 5.63. The predicted octanol–water partition coefficient (Wildman–Crippen LogP) is 1.78. The Morgan fingerprint density at radius 1 is 1.30 bits per heavy atom. The highest BCUT2D eigenvalue weighted by atomic mass is 16.5. The number of ketones is 1. The van der Waals surface area contributed by atoms with Gasteiger partial charge in [0.25, 0.3) is 0 Å². The largest absolute Gasteiger partial charge is 0.468 e. The fourth-order valence-corrected chi connectivity index (χ4v) is 3.57. The average Bonchev–Trinajstić information content (AvgIpc) is 2.74. The van der Waals surface area contributed by atoms with E-state index in [2.05, 4.69) is 17.0 Å². The number of carbonyl (C=O) groups excluding carboxylic acids is 2. The molecule has 2 fully saturated rings. The van der Waals surface area contributed by atoms with Crippen LogP contribution in [0.3, 0.4) is 0 Å². The lowest BCUT2D eigenvalue weighted by atomic mass is 9.88. The molecule has 0 aromatic heterocycles. The van der Waals surface area contributed by atoms with Gasteiger partial charge in [-0.2, -0.15) is 0 Å². The third kappa shape index (κ3) is 2.24. The molecule has 0 spiro atoms. The summed E-state index contributed by atoms with van der Waals surface area (Å²) < 4.78 is 4.82. The molecule has 0 N–H and O–H groups in total. The summed E-state index contributed by atoms with van der Waals surface area (Å²) >= 11 is 0. The number of piperidine rings is 1. The normalized spacial score (nSPS) is 29.4. The lowest BCUT2D eigenvalue weighted by Crippen LogP contribution is -2.51. The molecule has 20 heavy (non-hydrogen) atoms. The van der Waals surface area contributed by atoms with Crippen molar-refractivity contribution in [3.63, 3.8) is 0 Å². The number of Topliss-reactive ketones (excluding diaryl/α,β-unsaturated/α-hetero) is 1. The summed E-state index contributed by atoms with van der Waals surface area (Å²) in [5.74, 6) is -0.922. The molecule has 106 valence electrons. The summed E-state index contributed by atoms with van der Waals surface area (Å²) in [4.78, 5) is 26.3. The van der Waals surface area contributed by atoms with Crippen LogP contribution in [0, 0.1) is 5.92 Å².